The van der Waals surface area contributed by atoms with Crippen LogP contribution in [0.4, 0.5) is 0 Å². The summed E-state index contributed by atoms with van der Waals surface area (Å²) in [6.07, 6.45) is 1.15. The van der Waals surface area contributed by atoms with Gasteiger partial charge < -0.3 is 9.84 Å². The third-order valence-corrected chi connectivity index (χ3v) is 2.77. The van der Waals surface area contributed by atoms with Gasteiger partial charge in [-0.3, -0.25) is 9.59 Å². The van der Waals surface area contributed by atoms with E-state index in [1.54, 1.807) is 24.3 Å². The standard InChI is InChI=1S/C15H20O4/c1-10(2)8-13(15(17)18)9-12-4-6-14(7-5-12)19-11(3)16/h4-7,10,13H,8-9H2,1-3H3,(H,17,18). The van der Waals surface area contributed by atoms with Crippen molar-refractivity contribution in [1.29, 1.82) is 0 Å². The summed E-state index contributed by atoms with van der Waals surface area (Å²) < 4.78 is 4.93. The summed E-state index contributed by atoms with van der Waals surface area (Å²) >= 11 is 0. The number of carboxylic acids is 1. The first-order chi connectivity index (χ1) is 8.88. The maximum atomic E-state index is 11.2. The second-order valence-corrected chi connectivity index (χ2v) is 5.11. The van der Waals surface area contributed by atoms with Crippen molar-refractivity contribution in [3.8, 4) is 5.75 Å². The minimum atomic E-state index is -0.766. The lowest BCUT2D eigenvalue weighted by molar-refractivity contribution is -0.142. The molecule has 104 valence electrons. The fraction of sp³-hybridized carbons (Fsp3) is 0.467. The monoisotopic (exact) mass is 264 g/mol. The number of hydrogen-bond donors (Lipinski definition) is 1. The Morgan fingerprint density at radius 3 is 2.21 bits per heavy atom. The first kappa shape index (κ1) is 15.2. The number of rotatable bonds is 6. The predicted octanol–water partition coefficient (Wildman–Crippen LogP) is 2.90. The Kier molecular flexibility index (Phi) is 5.55. The lowest BCUT2D eigenvalue weighted by atomic mass is 9.91. The summed E-state index contributed by atoms with van der Waals surface area (Å²) in [6, 6.07) is 6.97. The normalized spacial score (nSPS) is 12.2. The molecule has 0 heterocycles. The van der Waals surface area contributed by atoms with E-state index in [1.807, 2.05) is 13.8 Å². The lowest BCUT2D eigenvalue weighted by Crippen LogP contribution is -2.18. The largest absolute Gasteiger partial charge is 0.481 e. The van der Waals surface area contributed by atoms with Crippen molar-refractivity contribution in [2.24, 2.45) is 11.8 Å². The number of carbonyl (C=O) groups excluding carboxylic acids is 1. The molecule has 1 rings (SSSR count). The van der Waals surface area contributed by atoms with Crippen molar-refractivity contribution in [2.75, 3.05) is 0 Å². The SMILES string of the molecule is CC(=O)Oc1ccc(CC(CC(C)C)C(=O)O)cc1. The highest BCUT2D eigenvalue weighted by Gasteiger charge is 2.19. The van der Waals surface area contributed by atoms with Gasteiger partial charge in [0.25, 0.3) is 0 Å². The van der Waals surface area contributed by atoms with Crippen LogP contribution in [-0.2, 0) is 16.0 Å². The van der Waals surface area contributed by atoms with Crippen LogP contribution in [0.3, 0.4) is 0 Å². The highest BCUT2D eigenvalue weighted by atomic mass is 16.5. The average Bonchev–Trinajstić information content (AvgIpc) is 2.29. The van der Waals surface area contributed by atoms with Crippen LogP contribution in [0.5, 0.6) is 5.75 Å². The topological polar surface area (TPSA) is 63.6 Å². The van der Waals surface area contributed by atoms with Crippen LogP contribution in [0.15, 0.2) is 24.3 Å². The van der Waals surface area contributed by atoms with Gasteiger partial charge in [-0.05, 0) is 36.5 Å². The van der Waals surface area contributed by atoms with E-state index < -0.39 is 5.97 Å². The first-order valence-corrected chi connectivity index (χ1v) is 6.38. The van der Waals surface area contributed by atoms with E-state index in [4.69, 9.17) is 4.74 Å². The molecule has 0 aromatic heterocycles. The number of benzene rings is 1. The Morgan fingerprint density at radius 1 is 1.21 bits per heavy atom. The molecule has 0 aliphatic rings. The van der Waals surface area contributed by atoms with E-state index in [9.17, 15) is 14.7 Å². The number of aliphatic carboxylic acids is 1. The Hall–Kier alpha value is -1.84. The highest BCUT2D eigenvalue weighted by molar-refractivity contribution is 5.70. The second-order valence-electron chi connectivity index (χ2n) is 5.11. The highest BCUT2D eigenvalue weighted by Crippen LogP contribution is 2.20. The van der Waals surface area contributed by atoms with Crippen molar-refractivity contribution < 1.29 is 19.4 Å². The maximum Gasteiger partial charge on any atom is 0.308 e. The summed E-state index contributed by atoms with van der Waals surface area (Å²) in [5, 5.41) is 9.19. The molecule has 4 nitrogen and oxygen atoms in total. The van der Waals surface area contributed by atoms with Crippen LogP contribution in [0.2, 0.25) is 0 Å². The molecule has 1 aromatic carbocycles. The fourth-order valence-electron chi connectivity index (χ4n) is 1.98. The Bertz CT molecular complexity index is 434. The van der Waals surface area contributed by atoms with Gasteiger partial charge in [0.05, 0.1) is 5.92 Å². The van der Waals surface area contributed by atoms with Crippen LogP contribution in [0.25, 0.3) is 0 Å². The lowest BCUT2D eigenvalue weighted by Gasteiger charge is -2.14. The molecular weight excluding hydrogens is 244 g/mol. The predicted molar refractivity (Wildman–Crippen MR) is 72.0 cm³/mol. The third kappa shape index (κ3) is 5.55. The van der Waals surface area contributed by atoms with Crippen molar-refractivity contribution in [3.63, 3.8) is 0 Å². The number of carbonyl (C=O) groups is 2. The molecule has 19 heavy (non-hydrogen) atoms. The van der Waals surface area contributed by atoms with Gasteiger partial charge in [0.2, 0.25) is 0 Å². The molecule has 1 unspecified atom stereocenters. The van der Waals surface area contributed by atoms with Crippen molar-refractivity contribution >= 4 is 11.9 Å². The minimum absolute atomic E-state index is 0.349. The summed E-state index contributed by atoms with van der Waals surface area (Å²) in [4.78, 5) is 22.0. The van der Waals surface area contributed by atoms with Gasteiger partial charge in [-0.25, -0.2) is 0 Å². The maximum absolute atomic E-state index is 11.2. The number of hydrogen-bond acceptors (Lipinski definition) is 3. The summed E-state index contributed by atoms with van der Waals surface area (Å²) in [5.74, 6) is -0.679. The minimum Gasteiger partial charge on any atom is -0.481 e. The van der Waals surface area contributed by atoms with Crippen LogP contribution in [0, 0.1) is 11.8 Å². The van der Waals surface area contributed by atoms with Gasteiger partial charge in [0.15, 0.2) is 0 Å². The summed E-state index contributed by atoms with van der Waals surface area (Å²) in [5.41, 5.74) is 0.934. The van der Waals surface area contributed by atoms with Crippen molar-refractivity contribution in [1.82, 2.24) is 0 Å². The van der Waals surface area contributed by atoms with Crippen molar-refractivity contribution in [3.05, 3.63) is 29.8 Å². The van der Waals surface area contributed by atoms with E-state index in [2.05, 4.69) is 0 Å². The van der Waals surface area contributed by atoms with Crippen molar-refractivity contribution in [2.45, 2.75) is 33.6 Å². The Labute approximate surface area is 113 Å². The smallest absolute Gasteiger partial charge is 0.308 e. The molecule has 4 heteroatoms. The van der Waals surface area contributed by atoms with Gasteiger partial charge in [0.1, 0.15) is 5.75 Å². The molecule has 1 N–H and O–H groups in total. The molecular formula is C15H20O4. The van der Waals surface area contributed by atoms with E-state index >= 15 is 0 Å². The molecule has 0 amide bonds. The zero-order chi connectivity index (χ0) is 14.4. The van der Waals surface area contributed by atoms with Gasteiger partial charge in [-0.2, -0.15) is 0 Å². The molecule has 0 fully saturated rings. The molecule has 0 saturated carbocycles. The van der Waals surface area contributed by atoms with E-state index in [0.717, 1.165) is 5.56 Å². The van der Waals surface area contributed by atoms with Gasteiger partial charge in [-0.1, -0.05) is 26.0 Å². The molecule has 0 spiro atoms. The molecule has 0 aliphatic carbocycles. The third-order valence-electron chi connectivity index (χ3n) is 2.77. The van der Waals surface area contributed by atoms with Gasteiger partial charge in [0, 0.05) is 6.92 Å². The second kappa shape index (κ2) is 6.92. The quantitative estimate of drug-likeness (QED) is 0.634. The zero-order valence-corrected chi connectivity index (χ0v) is 11.6. The number of carboxylic acid groups (broad SMARTS) is 1. The fourth-order valence-corrected chi connectivity index (χ4v) is 1.98. The molecule has 0 saturated heterocycles. The number of ether oxygens (including phenoxy) is 1. The first-order valence-electron chi connectivity index (χ1n) is 6.38. The van der Waals surface area contributed by atoms with Crippen LogP contribution < -0.4 is 4.74 Å². The van der Waals surface area contributed by atoms with E-state index in [0.29, 0.717) is 24.5 Å². The summed E-state index contributed by atoms with van der Waals surface area (Å²) in [6.45, 7) is 5.37. The van der Waals surface area contributed by atoms with E-state index in [1.165, 1.54) is 6.92 Å². The summed E-state index contributed by atoms with van der Waals surface area (Å²) in [7, 11) is 0. The average molecular weight is 264 g/mol. The van der Waals surface area contributed by atoms with Crippen LogP contribution >= 0.6 is 0 Å². The molecule has 0 bridgehead atoms. The Morgan fingerprint density at radius 2 is 1.79 bits per heavy atom. The molecule has 0 radical (unpaired) electrons. The number of esters is 1. The van der Waals surface area contributed by atoms with E-state index in [-0.39, 0.29) is 11.9 Å². The van der Waals surface area contributed by atoms with Crippen LogP contribution in [0.1, 0.15) is 32.8 Å². The Balaban J connectivity index is 2.69. The van der Waals surface area contributed by atoms with Gasteiger partial charge >= 0.3 is 11.9 Å². The zero-order valence-electron chi connectivity index (χ0n) is 11.6. The molecule has 0 aliphatic heterocycles. The molecule has 1 atom stereocenters. The van der Waals surface area contributed by atoms with Gasteiger partial charge in [-0.15, -0.1) is 0 Å². The molecule has 1 aromatic rings. The van der Waals surface area contributed by atoms with Crippen LogP contribution in [-0.4, -0.2) is 17.0 Å².